The van der Waals surface area contributed by atoms with Gasteiger partial charge in [0.1, 0.15) is 5.75 Å². The molecule has 3 rings (SSSR count). The van der Waals surface area contributed by atoms with E-state index in [-0.39, 0.29) is 13.4 Å². The molecule has 0 unspecified atom stereocenters. The lowest BCUT2D eigenvalue weighted by molar-refractivity contribution is 0.173. The summed E-state index contributed by atoms with van der Waals surface area (Å²) in [7, 11) is 0. The minimum absolute atomic E-state index is 0.0787. The van der Waals surface area contributed by atoms with Crippen molar-refractivity contribution in [2.75, 3.05) is 13.4 Å². The van der Waals surface area contributed by atoms with Crippen molar-refractivity contribution in [1.82, 2.24) is 0 Å². The molecule has 0 radical (unpaired) electrons. The van der Waals surface area contributed by atoms with Gasteiger partial charge in [-0.3, -0.25) is 0 Å². The average Bonchev–Trinajstić information content (AvgIpc) is 2.99. The van der Waals surface area contributed by atoms with E-state index in [1.165, 1.54) is 5.56 Å². The SMILES string of the molecule is OCc1cc2c(cc1OCCCc1ccccc1)OCO2. The van der Waals surface area contributed by atoms with Gasteiger partial charge in [0.25, 0.3) is 0 Å². The Kier molecular flexibility index (Phi) is 4.26. The van der Waals surface area contributed by atoms with E-state index < -0.39 is 0 Å². The van der Waals surface area contributed by atoms with Gasteiger partial charge in [0.05, 0.1) is 13.2 Å². The predicted octanol–water partition coefficient (Wildman–Crippen LogP) is 2.92. The Morgan fingerprint density at radius 1 is 1.05 bits per heavy atom. The molecule has 4 heteroatoms. The molecule has 0 amide bonds. The summed E-state index contributed by atoms with van der Waals surface area (Å²) in [5.74, 6) is 2.00. The van der Waals surface area contributed by atoms with Crippen LogP contribution < -0.4 is 14.2 Å². The van der Waals surface area contributed by atoms with Gasteiger partial charge < -0.3 is 19.3 Å². The molecule has 0 bridgehead atoms. The Morgan fingerprint density at radius 3 is 2.57 bits per heavy atom. The van der Waals surface area contributed by atoms with E-state index in [1.807, 2.05) is 18.2 Å². The van der Waals surface area contributed by atoms with Crippen LogP contribution in [-0.2, 0) is 13.0 Å². The highest BCUT2D eigenvalue weighted by molar-refractivity contribution is 5.51. The zero-order chi connectivity index (χ0) is 14.5. The highest BCUT2D eigenvalue weighted by atomic mass is 16.7. The monoisotopic (exact) mass is 286 g/mol. The number of fused-ring (bicyclic) bond motifs is 1. The van der Waals surface area contributed by atoms with E-state index in [0.717, 1.165) is 18.4 Å². The van der Waals surface area contributed by atoms with E-state index in [9.17, 15) is 5.11 Å². The van der Waals surface area contributed by atoms with Gasteiger partial charge in [-0.1, -0.05) is 30.3 Å². The first-order chi connectivity index (χ1) is 10.4. The molecule has 1 N–H and O–H groups in total. The molecule has 1 heterocycles. The van der Waals surface area contributed by atoms with Gasteiger partial charge in [-0.15, -0.1) is 0 Å². The number of aliphatic hydroxyl groups excluding tert-OH is 1. The lowest BCUT2D eigenvalue weighted by Crippen LogP contribution is -2.02. The topological polar surface area (TPSA) is 47.9 Å². The molecule has 0 aromatic heterocycles. The summed E-state index contributed by atoms with van der Waals surface area (Å²) in [6, 6.07) is 13.9. The molecule has 0 fully saturated rings. The number of hydrogen-bond acceptors (Lipinski definition) is 4. The Balaban J connectivity index is 1.57. The van der Waals surface area contributed by atoms with Crippen LogP contribution in [-0.4, -0.2) is 18.5 Å². The third-order valence-electron chi connectivity index (χ3n) is 3.44. The van der Waals surface area contributed by atoms with Crippen LogP contribution in [0.4, 0.5) is 0 Å². The van der Waals surface area contributed by atoms with Crippen molar-refractivity contribution in [2.24, 2.45) is 0 Å². The molecule has 0 saturated carbocycles. The van der Waals surface area contributed by atoms with E-state index >= 15 is 0 Å². The smallest absolute Gasteiger partial charge is 0.231 e. The Hall–Kier alpha value is -2.20. The number of benzene rings is 2. The molecule has 1 aliphatic heterocycles. The first-order valence-corrected chi connectivity index (χ1v) is 7.07. The largest absolute Gasteiger partial charge is 0.493 e. The number of aryl methyl sites for hydroxylation is 1. The molecule has 0 spiro atoms. The van der Waals surface area contributed by atoms with E-state index in [4.69, 9.17) is 14.2 Å². The van der Waals surface area contributed by atoms with E-state index in [1.54, 1.807) is 12.1 Å². The van der Waals surface area contributed by atoms with Gasteiger partial charge in [0.15, 0.2) is 11.5 Å². The molecule has 0 atom stereocenters. The van der Waals surface area contributed by atoms with Crippen molar-refractivity contribution in [3.63, 3.8) is 0 Å². The fourth-order valence-electron chi connectivity index (χ4n) is 2.33. The van der Waals surface area contributed by atoms with Gasteiger partial charge in [0.2, 0.25) is 6.79 Å². The molecule has 2 aromatic carbocycles. The summed E-state index contributed by atoms with van der Waals surface area (Å²) >= 11 is 0. The van der Waals surface area contributed by atoms with E-state index in [2.05, 4.69) is 12.1 Å². The van der Waals surface area contributed by atoms with Gasteiger partial charge in [-0.05, 0) is 24.5 Å². The summed E-state index contributed by atoms with van der Waals surface area (Å²) in [4.78, 5) is 0. The number of hydrogen-bond donors (Lipinski definition) is 1. The van der Waals surface area contributed by atoms with Crippen LogP contribution in [0.25, 0.3) is 0 Å². The van der Waals surface area contributed by atoms with Gasteiger partial charge in [0, 0.05) is 11.6 Å². The minimum Gasteiger partial charge on any atom is -0.493 e. The normalized spacial score (nSPS) is 12.4. The molecule has 0 aliphatic carbocycles. The van der Waals surface area contributed by atoms with Crippen LogP contribution in [0.3, 0.4) is 0 Å². The van der Waals surface area contributed by atoms with E-state index in [0.29, 0.717) is 23.9 Å². The second kappa shape index (κ2) is 6.50. The third kappa shape index (κ3) is 3.28. The van der Waals surface area contributed by atoms with Crippen LogP contribution in [0.5, 0.6) is 17.2 Å². The van der Waals surface area contributed by atoms with Crippen LogP contribution in [0, 0.1) is 0 Å². The average molecular weight is 286 g/mol. The van der Waals surface area contributed by atoms with Crippen molar-refractivity contribution in [2.45, 2.75) is 19.4 Å². The van der Waals surface area contributed by atoms with Crippen LogP contribution >= 0.6 is 0 Å². The predicted molar refractivity (Wildman–Crippen MR) is 78.7 cm³/mol. The van der Waals surface area contributed by atoms with Gasteiger partial charge in [-0.2, -0.15) is 0 Å². The quantitative estimate of drug-likeness (QED) is 0.829. The lowest BCUT2D eigenvalue weighted by atomic mass is 10.1. The second-order valence-electron chi connectivity index (χ2n) is 4.91. The highest BCUT2D eigenvalue weighted by Crippen LogP contribution is 2.38. The molecule has 0 saturated heterocycles. The molecular weight excluding hydrogens is 268 g/mol. The zero-order valence-corrected chi connectivity index (χ0v) is 11.7. The van der Waals surface area contributed by atoms with Crippen molar-refractivity contribution in [3.05, 3.63) is 53.6 Å². The first-order valence-electron chi connectivity index (χ1n) is 7.07. The summed E-state index contributed by atoms with van der Waals surface area (Å²) in [5, 5.41) is 9.41. The first kappa shape index (κ1) is 13.8. The maximum absolute atomic E-state index is 9.41. The Labute approximate surface area is 123 Å². The Bertz CT molecular complexity index is 595. The van der Waals surface area contributed by atoms with Crippen LogP contribution in [0.2, 0.25) is 0 Å². The van der Waals surface area contributed by atoms with Crippen molar-refractivity contribution in [1.29, 1.82) is 0 Å². The molecule has 110 valence electrons. The van der Waals surface area contributed by atoms with Crippen LogP contribution in [0.1, 0.15) is 17.5 Å². The maximum atomic E-state index is 9.41. The van der Waals surface area contributed by atoms with Gasteiger partial charge in [-0.25, -0.2) is 0 Å². The molecule has 2 aromatic rings. The summed E-state index contributed by atoms with van der Waals surface area (Å²) < 4.78 is 16.4. The molecule has 1 aliphatic rings. The van der Waals surface area contributed by atoms with Crippen LogP contribution in [0.15, 0.2) is 42.5 Å². The maximum Gasteiger partial charge on any atom is 0.231 e. The fourth-order valence-corrected chi connectivity index (χ4v) is 2.33. The highest BCUT2D eigenvalue weighted by Gasteiger charge is 2.17. The second-order valence-corrected chi connectivity index (χ2v) is 4.91. The van der Waals surface area contributed by atoms with Gasteiger partial charge >= 0.3 is 0 Å². The fraction of sp³-hybridized carbons (Fsp3) is 0.294. The number of rotatable bonds is 6. The number of ether oxygens (including phenoxy) is 3. The van der Waals surface area contributed by atoms with Crippen molar-refractivity contribution < 1.29 is 19.3 Å². The zero-order valence-electron chi connectivity index (χ0n) is 11.7. The third-order valence-corrected chi connectivity index (χ3v) is 3.44. The Morgan fingerprint density at radius 2 is 1.81 bits per heavy atom. The molecule has 21 heavy (non-hydrogen) atoms. The minimum atomic E-state index is -0.0787. The lowest BCUT2D eigenvalue weighted by Gasteiger charge is -2.11. The number of aliphatic hydroxyl groups is 1. The summed E-state index contributed by atoms with van der Waals surface area (Å²) in [6.45, 7) is 0.740. The summed E-state index contributed by atoms with van der Waals surface area (Å²) in [6.07, 6.45) is 1.89. The standard InChI is InChI=1S/C17H18O4/c18-11-14-9-16-17(21-12-20-16)10-15(14)19-8-4-7-13-5-2-1-3-6-13/h1-3,5-6,9-10,18H,4,7-8,11-12H2. The molecule has 4 nitrogen and oxygen atoms in total. The molecular formula is C17H18O4. The van der Waals surface area contributed by atoms with Crippen molar-refractivity contribution >= 4 is 0 Å². The van der Waals surface area contributed by atoms with Crippen molar-refractivity contribution in [3.8, 4) is 17.2 Å². The summed E-state index contributed by atoms with van der Waals surface area (Å²) in [5.41, 5.74) is 2.02.